The van der Waals surface area contributed by atoms with Crippen LogP contribution in [0.4, 0.5) is 0 Å². The van der Waals surface area contributed by atoms with Gasteiger partial charge in [0.05, 0.1) is 12.1 Å². The highest BCUT2D eigenvalue weighted by molar-refractivity contribution is 5.78. The molecule has 3 aromatic rings. The average Bonchev–Trinajstić information content (AvgIpc) is 3.15. The van der Waals surface area contributed by atoms with Gasteiger partial charge in [0.1, 0.15) is 13.2 Å². The Hall–Kier alpha value is -3.28. The van der Waals surface area contributed by atoms with E-state index in [1.807, 2.05) is 49.4 Å². The van der Waals surface area contributed by atoms with E-state index in [1.165, 1.54) is 5.56 Å². The lowest BCUT2D eigenvalue weighted by atomic mass is 10.1. The smallest absolute Gasteiger partial charge is 0.226 e. The fourth-order valence-corrected chi connectivity index (χ4v) is 2.86. The van der Waals surface area contributed by atoms with Crippen LogP contribution in [0.25, 0.3) is 11.3 Å². The normalized spacial score (nSPS) is 12.6. The Balaban J connectivity index is 1.37. The number of carbonyl (C=O) groups excluding carboxylic acids is 1. The second kappa shape index (κ2) is 7.53. The lowest BCUT2D eigenvalue weighted by Crippen LogP contribution is -2.24. The van der Waals surface area contributed by atoms with Crippen LogP contribution in [0, 0.1) is 6.92 Å². The number of hydrogen-bond acceptors (Lipinski definition) is 5. The summed E-state index contributed by atoms with van der Waals surface area (Å²) in [6, 6.07) is 15.4. The molecule has 1 N–H and O–H groups in total. The maximum atomic E-state index is 12.2. The molecular formula is C21H20N2O4. The average molecular weight is 364 g/mol. The summed E-state index contributed by atoms with van der Waals surface area (Å²) in [4.78, 5) is 12.2. The van der Waals surface area contributed by atoms with Crippen molar-refractivity contribution >= 4 is 5.91 Å². The van der Waals surface area contributed by atoms with Crippen molar-refractivity contribution in [1.29, 1.82) is 0 Å². The minimum atomic E-state index is -0.0994. The van der Waals surface area contributed by atoms with Crippen molar-refractivity contribution in [3.05, 3.63) is 65.4 Å². The molecule has 0 radical (unpaired) electrons. The molecular weight excluding hydrogens is 344 g/mol. The number of hydrogen-bond donors (Lipinski definition) is 1. The highest BCUT2D eigenvalue weighted by Gasteiger charge is 2.15. The lowest BCUT2D eigenvalue weighted by Gasteiger charge is -2.18. The second-order valence-corrected chi connectivity index (χ2v) is 6.48. The first-order chi connectivity index (χ1) is 13.2. The zero-order valence-electron chi connectivity index (χ0n) is 15.0. The standard InChI is InChI=1S/C21H20N2O4/c1-14-2-4-15(5-3-14)13-22-21(24)12-17-11-19(27-23-17)16-6-7-18-20(10-16)26-9-8-25-18/h2-7,10-11H,8-9,12-13H2,1H3,(H,22,24). The molecule has 1 aromatic heterocycles. The molecule has 6 heteroatoms. The van der Waals surface area contributed by atoms with E-state index in [-0.39, 0.29) is 12.3 Å². The molecule has 1 aliphatic rings. The van der Waals surface area contributed by atoms with Crippen LogP contribution >= 0.6 is 0 Å². The summed E-state index contributed by atoms with van der Waals surface area (Å²) in [5.41, 5.74) is 3.67. The molecule has 0 bridgehead atoms. The number of amides is 1. The van der Waals surface area contributed by atoms with Crippen molar-refractivity contribution in [3.63, 3.8) is 0 Å². The maximum absolute atomic E-state index is 12.2. The molecule has 138 valence electrons. The zero-order valence-corrected chi connectivity index (χ0v) is 15.0. The third kappa shape index (κ3) is 4.11. The predicted octanol–water partition coefficient (Wildman–Crippen LogP) is 3.28. The van der Waals surface area contributed by atoms with Crippen molar-refractivity contribution in [2.24, 2.45) is 0 Å². The molecule has 0 atom stereocenters. The van der Waals surface area contributed by atoms with Gasteiger partial charge >= 0.3 is 0 Å². The van der Waals surface area contributed by atoms with E-state index in [0.29, 0.717) is 37.0 Å². The van der Waals surface area contributed by atoms with Crippen LogP contribution < -0.4 is 14.8 Å². The molecule has 2 heterocycles. The van der Waals surface area contributed by atoms with E-state index in [4.69, 9.17) is 14.0 Å². The third-order valence-electron chi connectivity index (χ3n) is 4.34. The minimum Gasteiger partial charge on any atom is -0.486 e. The van der Waals surface area contributed by atoms with Gasteiger partial charge in [0, 0.05) is 18.2 Å². The van der Waals surface area contributed by atoms with Gasteiger partial charge in [-0.1, -0.05) is 35.0 Å². The van der Waals surface area contributed by atoms with E-state index < -0.39 is 0 Å². The molecule has 0 saturated heterocycles. The van der Waals surface area contributed by atoms with E-state index in [1.54, 1.807) is 6.07 Å². The Morgan fingerprint density at radius 1 is 1.04 bits per heavy atom. The molecule has 0 aliphatic carbocycles. The minimum absolute atomic E-state index is 0.0994. The second-order valence-electron chi connectivity index (χ2n) is 6.48. The molecule has 0 fully saturated rings. The van der Waals surface area contributed by atoms with Gasteiger partial charge in [-0.15, -0.1) is 0 Å². The molecule has 0 spiro atoms. The van der Waals surface area contributed by atoms with Gasteiger partial charge < -0.3 is 19.3 Å². The summed E-state index contributed by atoms with van der Waals surface area (Å²) >= 11 is 0. The Kier molecular flexibility index (Phi) is 4.78. The Morgan fingerprint density at radius 3 is 2.63 bits per heavy atom. The van der Waals surface area contributed by atoms with Crippen LogP contribution in [-0.4, -0.2) is 24.3 Å². The largest absolute Gasteiger partial charge is 0.486 e. The van der Waals surface area contributed by atoms with E-state index >= 15 is 0 Å². The summed E-state index contributed by atoms with van der Waals surface area (Å²) in [7, 11) is 0. The molecule has 4 rings (SSSR count). The topological polar surface area (TPSA) is 73.6 Å². The molecule has 2 aromatic carbocycles. The fourth-order valence-electron chi connectivity index (χ4n) is 2.86. The fraction of sp³-hybridized carbons (Fsp3) is 0.238. The monoisotopic (exact) mass is 364 g/mol. The quantitative estimate of drug-likeness (QED) is 0.752. The lowest BCUT2D eigenvalue weighted by molar-refractivity contribution is -0.120. The van der Waals surface area contributed by atoms with Crippen molar-refractivity contribution in [1.82, 2.24) is 10.5 Å². The highest BCUT2D eigenvalue weighted by atomic mass is 16.6. The van der Waals surface area contributed by atoms with E-state index in [9.17, 15) is 4.79 Å². The number of ether oxygens (including phenoxy) is 2. The number of aromatic nitrogens is 1. The van der Waals surface area contributed by atoms with Crippen LogP contribution in [0.3, 0.4) is 0 Å². The number of aryl methyl sites for hydroxylation is 1. The van der Waals surface area contributed by atoms with Crippen LogP contribution in [0.1, 0.15) is 16.8 Å². The molecule has 0 saturated carbocycles. The first-order valence-corrected chi connectivity index (χ1v) is 8.85. The molecule has 1 amide bonds. The number of nitrogens with zero attached hydrogens (tertiary/aromatic N) is 1. The first-order valence-electron chi connectivity index (χ1n) is 8.85. The molecule has 0 unspecified atom stereocenters. The first kappa shape index (κ1) is 17.1. The van der Waals surface area contributed by atoms with Crippen molar-refractivity contribution in [2.75, 3.05) is 13.2 Å². The van der Waals surface area contributed by atoms with Crippen molar-refractivity contribution in [2.45, 2.75) is 19.9 Å². The Bertz CT molecular complexity index is 947. The van der Waals surface area contributed by atoms with Gasteiger partial charge in [0.25, 0.3) is 0 Å². The Morgan fingerprint density at radius 2 is 1.81 bits per heavy atom. The van der Waals surface area contributed by atoms with Crippen molar-refractivity contribution in [3.8, 4) is 22.8 Å². The van der Waals surface area contributed by atoms with Gasteiger partial charge in [-0.25, -0.2) is 0 Å². The summed E-state index contributed by atoms with van der Waals surface area (Å²) in [6.45, 7) is 3.61. The number of fused-ring (bicyclic) bond motifs is 1. The number of benzene rings is 2. The summed E-state index contributed by atoms with van der Waals surface area (Å²) in [6.07, 6.45) is 0.167. The third-order valence-corrected chi connectivity index (χ3v) is 4.34. The Labute approximate surface area is 157 Å². The molecule has 6 nitrogen and oxygen atoms in total. The highest BCUT2D eigenvalue weighted by Crippen LogP contribution is 2.34. The zero-order chi connectivity index (χ0) is 18.6. The predicted molar refractivity (Wildman–Crippen MR) is 99.7 cm³/mol. The van der Waals surface area contributed by atoms with Crippen LogP contribution in [0.2, 0.25) is 0 Å². The SMILES string of the molecule is Cc1ccc(CNC(=O)Cc2cc(-c3ccc4c(c3)OCCO4)on2)cc1. The summed E-state index contributed by atoms with van der Waals surface area (Å²) in [5, 5.41) is 6.90. The van der Waals surface area contributed by atoms with Gasteiger partial charge in [-0.3, -0.25) is 4.79 Å². The maximum Gasteiger partial charge on any atom is 0.226 e. The van der Waals surface area contributed by atoms with Gasteiger partial charge in [0.15, 0.2) is 17.3 Å². The number of rotatable bonds is 5. The van der Waals surface area contributed by atoms with Crippen LogP contribution in [-0.2, 0) is 17.8 Å². The number of nitrogens with one attached hydrogen (secondary N) is 1. The van der Waals surface area contributed by atoms with Crippen LogP contribution in [0.15, 0.2) is 53.1 Å². The van der Waals surface area contributed by atoms with Gasteiger partial charge in [-0.2, -0.15) is 0 Å². The number of carbonyl (C=O) groups is 1. The summed E-state index contributed by atoms with van der Waals surface area (Å²) < 4.78 is 16.5. The van der Waals surface area contributed by atoms with Gasteiger partial charge in [0.2, 0.25) is 5.91 Å². The van der Waals surface area contributed by atoms with Gasteiger partial charge in [-0.05, 0) is 30.7 Å². The molecule has 27 heavy (non-hydrogen) atoms. The van der Waals surface area contributed by atoms with E-state index in [0.717, 1.165) is 16.9 Å². The van der Waals surface area contributed by atoms with Crippen molar-refractivity contribution < 1.29 is 18.8 Å². The van der Waals surface area contributed by atoms with E-state index in [2.05, 4.69) is 10.5 Å². The summed E-state index contributed by atoms with van der Waals surface area (Å²) in [5.74, 6) is 1.90. The molecule has 1 aliphatic heterocycles. The van der Waals surface area contributed by atoms with Crippen LogP contribution in [0.5, 0.6) is 11.5 Å².